The van der Waals surface area contributed by atoms with Crippen LogP contribution in [0.5, 0.6) is 0 Å². The second-order valence-electron chi connectivity index (χ2n) is 3.53. The molecule has 2 N–H and O–H groups in total. The number of anilines is 1. The smallest absolute Gasteiger partial charge is 0.0550 e. The fraction of sp³-hybridized carbons (Fsp3) is 0.400. The Hall–Kier alpha value is -0.710. The van der Waals surface area contributed by atoms with E-state index in [1.165, 1.54) is 5.69 Å². The Morgan fingerprint density at radius 3 is 2.14 bits per heavy atom. The molecule has 1 aromatic carbocycles. The van der Waals surface area contributed by atoms with Crippen LogP contribution in [0.25, 0.3) is 0 Å². The lowest BCUT2D eigenvalue weighted by molar-refractivity contribution is 0.479. The maximum absolute atomic E-state index is 9.45. The van der Waals surface area contributed by atoms with Crippen LogP contribution in [0.3, 0.4) is 0 Å². The summed E-state index contributed by atoms with van der Waals surface area (Å²) < 4.78 is 18.9. The number of hydrogen-bond acceptors (Lipinski definition) is 3. The molecule has 0 unspecified atom stereocenters. The van der Waals surface area contributed by atoms with Crippen molar-refractivity contribution in [2.45, 2.75) is 0 Å². The van der Waals surface area contributed by atoms with Gasteiger partial charge in [-0.1, -0.05) is 18.2 Å². The Labute approximate surface area is 85.7 Å². The lowest BCUT2D eigenvalue weighted by Crippen LogP contribution is -2.38. The third kappa shape index (κ3) is 2.20. The first-order valence-corrected chi connectivity index (χ1v) is 6.59. The maximum atomic E-state index is 9.45. The predicted octanol–water partition coefficient (Wildman–Crippen LogP) is 2.26. The van der Waals surface area contributed by atoms with Crippen LogP contribution in [0.2, 0.25) is 0 Å². The average Bonchev–Trinajstić information content (AvgIpc) is 2.19. The fourth-order valence-electron chi connectivity index (χ4n) is 1.62. The van der Waals surface area contributed by atoms with Crippen molar-refractivity contribution < 1.29 is 9.11 Å². The number of benzene rings is 1. The highest BCUT2D eigenvalue weighted by molar-refractivity contribution is 8.24. The maximum Gasteiger partial charge on any atom is 0.0550 e. The van der Waals surface area contributed by atoms with Gasteiger partial charge in [0.15, 0.2) is 0 Å². The monoisotopic (exact) mass is 213 g/mol. The highest BCUT2D eigenvalue weighted by atomic mass is 32.3. The van der Waals surface area contributed by atoms with Crippen LogP contribution in [0.15, 0.2) is 30.3 Å². The average molecular weight is 213 g/mol. The van der Waals surface area contributed by atoms with Crippen LogP contribution in [0.1, 0.15) is 0 Å². The zero-order valence-corrected chi connectivity index (χ0v) is 8.78. The van der Waals surface area contributed by atoms with E-state index in [2.05, 4.69) is 17.0 Å². The molecule has 0 atom stereocenters. The molecular weight excluding hydrogens is 198 g/mol. The van der Waals surface area contributed by atoms with E-state index in [1.54, 1.807) is 0 Å². The van der Waals surface area contributed by atoms with E-state index < -0.39 is 10.6 Å². The molecule has 14 heavy (non-hydrogen) atoms. The van der Waals surface area contributed by atoms with Crippen LogP contribution in [0.4, 0.5) is 5.69 Å². The molecule has 1 aromatic rings. The molecule has 0 radical (unpaired) electrons. The summed E-state index contributed by atoms with van der Waals surface area (Å²) in [5, 5.41) is 0. The lowest BCUT2D eigenvalue weighted by atomic mass is 10.3. The fourth-order valence-corrected chi connectivity index (χ4v) is 2.85. The van der Waals surface area contributed by atoms with Crippen LogP contribution in [-0.2, 0) is 0 Å². The molecule has 0 amide bonds. The number of hydrogen-bond donors (Lipinski definition) is 2. The third-order valence-electron chi connectivity index (χ3n) is 2.50. The van der Waals surface area contributed by atoms with Gasteiger partial charge in [0.1, 0.15) is 0 Å². The summed E-state index contributed by atoms with van der Waals surface area (Å²) in [6.07, 6.45) is 0. The first-order chi connectivity index (χ1) is 6.67. The van der Waals surface area contributed by atoms with Crippen LogP contribution >= 0.6 is 10.6 Å². The third-order valence-corrected chi connectivity index (χ3v) is 4.17. The Balaban J connectivity index is 2.03. The summed E-state index contributed by atoms with van der Waals surface area (Å²) in [6.45, 7) is 1.48. The Bertz CT molecular complexity index is 292. The minimum atomic E-state index is -2.27. The SMILES string of the molecule is OS1(O)CCN(c2ccccc2)CC1. The largest absolute Gasteiger partial charge is 0.368 e. The topological polar surface area (TPSA) is 43.7 Å². The first kappa shape index (κ1) is 9.83. The second kappa shape index (κ2) is 3.81. The lowest BCUT2D eigenvalue weighted by Gasteiger charge is -2.41. The van der Waals surface area contributed by atoms with Crippen molar-refractivity contribution in [1.82, 2.24) is 0 Å². The van der Waals surface area contributed by atoms with Crippen molar-refractivity contribution in [3.8, 4) is 0 Å². The summed E-state index contributed by atoms with van der Waals surface area (Å²) >= 11 is 0. The Morgan fingerprint density at radius 1 is 1.00 bits per heavy atom. The zero-order chi connectivity index (χ0) is 10.0. The van der Waals surface area contributed by atoms with E-state index in [9.17, 15) is 9.11 Å². The van der Waals surface area contributed by atoms with Gasteiger partial charge in [-0.05, 0) is 12.1 Å². The van der Waals surface area contributed by atoms with Crippen LogP contribution < -0.4 is 4.90 Å². The minimum absolute atomic E-state index is 0.502. The normalized spacial score (nSPS) is 23.1. The molecule has 0 aromatic heterocycles. The zero-order valence-electron chi connectivity index (χ0n) is 7.97. The highest BCUT2D eigenvalue weighted by Gasteiger charge is 2.21. The minimum Gasteiger partial charge on any atom is -0.368 e. The van der Waals surface area contributed by atoms with Gasteiger partial charge in [-0.2, -0.15) is 10.6 Å². The second-order valence-corrected chi connectivity index (χ2v) is 5.95. The van der Waals surface area contributed by atoms with E-state index in [-0.39, 0.29) is 0 Å². The van der Waals surface area contributed by atoms with Gasteiger partial charge in [0.25, 0.3) is 0 Å². The van der Waals surface area contributed by atoms with Gasteiger partial charge in [-0.25, -0.2) is 0 Å². The van der Waals surface area contributed by atoms with E-state index >= 15 is 0 Å². The molecule has 1 heterocycles. The highest BCUT2D eigenvalue weighted by Crippen LogP contribution is 2.41. The predicted molar refractivity (Wildman–Crippen MR) is 61.2 cm³/mol. The van der Waals surface area contributed by atoms with Crippen molar-refractivity contribution in [3.63, 3.8) is 0 Å². The van der Waals surface area contributed by atoms with Crippen molar-refractivity contribution in [2.24, 2.45) is 0 Å². The molecule has 0 bridgehead atoms. The molecule has 4 heteroatoms. The Kier molecular flexibility index (Phi) is 2.67. The summed E-state index contributed by atoms with van der Waals surface area (Å²) in [4.78, 5) is 2.19. The van der Waals surface area contributed by atoms with E-state index in [0.717, 1.165) is 13.1 Å². The van der Waals surface area contributed by atoms with Gasteiger partial charge in [0.05, 0.1) is 11.5 Å². The van der Waals surface area contributed by atoms with Gasteiger partial charge in [-0.15, -0.1) is 0 Å². The summed E-state index contributed by atoms with van der Waals surface area (Å²) in [5.41, 5.74) is 1.17. The Morgan fingerprint density at radius 2 is 1.57 bits per heavy atom. The number of nitrogens with zero attached hydrogens (tertiary/aromatic N) is 1. The molecule has 78 valence electrons. The summed E-state index contributed by atoms with van der Waals surface area (Å²) in [6, 6.07) is 10.1. The molecule has 1 aliphatic rings. The van der Waals surface area contributed by atoms with Crippen molar-refractivity contribution >= 4 is 16.3 Å². The molecule has 1 aliphatic heterocycles. The van der Waals surface area contributed by atoms with Crippen LogP contribution in [-0.4, -0.2) is 33.7 Å². The molecule has 3 nitrogen and oxygen atoms in total. The van der Waals surface area contributed by atoms with E-state index in [1.807, 2.05) is 18.2 Å². The van der Waals surface area contributed by atoms with Gasteiger partial charge < -0.3 is 4.90 Å². The number of rotatable bonds is 1. The van der Waals surface area contributed by atoms with Gasteiger partial charge in [-0.3, -0.25) is 9.11 Å². The van der Waals surface area contributed by atoms with E-state index in [4.69, 9.17) is 0 Å². The summed E-state index contributed by atoms with van der Waals surface area (Å²) in [7, 11) is -2.27. The molecule has 2 rings (SSSR count). The molecule has 0 saturated carbocycles. The van der Waals surface area contributed by atoms with Crippen molar-refractivity contribution in [2.75, 3.05) is 29.5 Å². The van der Waals surface area contributed by atoms with Crippen LogP contribution in [0, 0.1) is 0 Å². The van der Waals surface area contributed by atoms with Crippen molar-refractivity contribution in [3.05, 3.63) is 30.3 Å². The van der Waals surface area contributed by atoms with Crippen molar-refractivity contribution in [1.29, 1.82) is 0 Å². The molecule has 1 saturated heterocycles. The van der Waals surface area contributed by atoms with Gasteiger partial charge >= 0.3 is 0 Å². The molecule has 0 spiro atoms. The summed E-state index contributed by atoms with van der Waals surface area (Å²) in [5.74, 6) is 1.00. The first-order valence-electron chi connectivity index (χ1n) is 4.71. The van der Waals surface area contributed by atoms with Gasteiger partial charge in [0, 0.05) is 18.8 Å². The standard InChI is InChI=1S/C10H15NO2S/c12-14(13)8-6-11(7-9-14)10-4-2-1-3-5-10/h1-5,12-13H,6-9H2. The number of para-hydroxylation sites is 1. The molecule has 0 aliphatic carbocycles. The van der Waals surface area contributed by atoms with Gasteiger partial charge in [0.2, 0.25) is 0 Å². The molecule has 1 fully saturated rings. The molecular formula is C10H15NO2S. The van der Waals surface area contributed by atoms with E-state index in [0.29, 0.717) is 11.5 Å². The quantitative estimate of drug-likeness (QED) is 0.752.